The molecule has 0 aromatic carbocycles. The van der Waals surface area contributed by atoms with E-state index in [0.29, 0.717) is 11.5 Å². The van der Waals surface area contributed by atoms with Gasteiger partial charge < -0.3 is 14.7 Å². The first kappa shape index (κ1) is 20.1. The second-order valence-corrected chi connectivity index (χ2v) is 8.62. The number of carbonyl (C=O) groups excluding carboxylic acids is 1. The van der Waals surface area contributed by atoms with Crippen LogP contribution in [0.15, 0.2) is 6.07 Å². The molecule has 1 aliphatic rings. The number of pyridine rings is 1. The van der Waals surface area contributed by atoms with Gasteiger partial charge in [-0.2, -0.15) is 5.26 Å². The van der Waals surface area contributed by atoms with Gasteiger partial charge in [0.15, 0.2) is 0 Å². The number of β-amino-alcohol motifs (C(OH)–C–C–N with tert-alkyl or cyclic N) is 1. The predicted octanol–water partition coefficient (Wildman–Crippen LogP) is -0.263. The first-order valence-corrected chi connectivity index (χ1v) is 9.55. The number of carbonyl (C=O) groups is 1. The van der Waals surface area contributed by atoms with Gasteiger partial charge in [-0.15, -0.1) is 0 Å². The molecule has 1 aromatic rings. The minimum atomic E-state index is -3.47. The maximum absolute atomic E-state index is 12.1. The number of hydrogen-bond donors (Lipinski definition) is 1. The average molecular weight is 382 g/mol. The van der Waals surface area contributed by atoms with Crippen LogP contribution >= 0.6 is 0 Å². The van der Waals surface area contributed by atoms with Gasteiger partial charge in [-0.25, -0.2) is 22.5 Å². The van der Waals surface area contributed by atoms with Crippen LogP contribution in [-0.4, -0.2) is 74.9 Å². The zero-order valence-corrected chi connectivity index (χ0v) is 15.9. The van der Waals surface area contributed by atoms with Crippen LogP contribution < -0.4 is 4.90 Å². The standard InChI is InChI=1S/C16H22N4O5S/c1-10-13(16(22)25-4)5-11(6-17)15(18-10)20-7-12(14(21)8-20)9-26(23,24)19(2)3/h5,12,14,21H,7-9H2,1-4H3/t12-,14-/m0/s1. The molecule has 2 heterocycles. The number of aliphatic hydroxyl groups is 1. The minimum absolute atomic E-state index is 0.159. The van der Waals surface area contributed by atoms with Crippen LogP contribution in [0.2, 0.25) is 0 Å². The van der Waals surface area contributed by atoms with E-state index in [1.54, 1.807) is 11.8 Å². The molecule has 0 amide bonds. The molecule has 1 fully saturated rings. The van der Waals surface area contributed by atoms with E-state index in [1.807, 2.05) is 6.07 Å². The third-order valence-corrected chi connectivity index (χ3v) is 6.37. The number of methoxy groups -OCH3 is 1. The van der Waals surface area contributed by atoms with E-state index >= 15 is 0 Å². The Morgan fingerprint density at radius 2 is 2.15 bits per heavy atom. The number of esters is 1. The molecular formula is C16H22N4O5S. The van der Waals surface area contributed by atoms with Gasteiger partial charge in [-0.05, 0) is 13.0 Å². The molecular weight excluding hydrogens is 360 g/mol. The monoisotopic (exact) mass is 382 g/mol. The molecule has 0 spiro atoms. The van der Waals surface area contributed by atoms with Crippen molar-refractivity contribution in [3.63, 3.8) is 0 Å². The van der Waals surface area contributed by atoms with Crippen molar-refractivity contribution in [3.8, 4) is 6.07 Å². The number of hydrogen-bond acceptors (Lipinski definition) is 8. The van der Waals surface area contributed by atoms with Crippen molar-refractivity contribution in [3.05, 3.63) is 22.9 Å². The molecule has 1 saturated heterocycles. The van der Waals surface area contributed by atoms with E-state index in [-0.39, 0.29) is 30.0 Å². The summed E-state index contributed by atoms with van der Waals surface area (Å²) < 4.78 is 30.0. The number of nitrogens with zero attached hydrogens (tertiary/aromatic N) is 4. The Hall–Kier alpha value is -2.22. The maximum atomic E-state index is 12.1. The first-order chi connectivity index (χ1) is 12.1. The highest BCUT2D eigenvalue weighted by molar-refractivity contribution is 7.89. The van der Waals surface area contributed by atoms with Crippen LogP contribution in [0.25, 0.3) is 0 Å². The molecule has 1 N–H and O–H groups in total. The number of anilines is 1. The van der Waals surface area contributed by atoms with Gasteiger partial charge in [0.1, 0.15) is 11.9 Å². The second kappa shape index (κ2) is 7.57. The summed E-state index contributed by atoms with van der Waals surface area (Å²) in [6, 6.07) is 3.40. The normalized spacial score (nSPS) is 20.3. The van der Waals surface area contributed by atoms with Gasteiger partial charge >= 0.3 is 5.97 Å². The highest BCUT2D eigenvalue weighted by atomic mass is 32.2. The fraction of sp³-hybridized carbons (Fsp3) is 0.562. The van der Waals surface area contributed by atoms with Gasteiger partial charge in [0.05, 0.1) is 35.8 Å². The van der Waals surface area contributed by atoms with Gasteiger partial charge in [0.2, 0.25) is 10.0 Å². The van der Waals surface area contributed by atoms with E-state index in [2.05, 4.69) is 9.72 Å². The van der Waals surface area contributed by atoms with Crippen LogP contribution in [0.4, 0.5) is 5.82 Å². The maximum Gasteiger partial charge on any atom is 0.339 e. The zero-order chi connectivity index (χ0) is 19.6. The lowest BCUT2D eigenvalue weighted by molar-refractivity contribution is 0.0599. The summed E-state index contributed by atoms with van der Waals surface area (Å²) in [4.78, 5) is 17.8. The van der Waals surface area contributed by atoms with Crippen molar-refractivity contribution in [1.82, 2.24) is 9.29 Å². The third-order valence-electron chi connectivity index (χ3n) is 4.41. The lowest BCUT2D eigenvalue weighted by Crippen LogP contribution is -2.33. The second-order valence-electron chi connectivity index (χ2n) is 6.39. The van der Waals surface area contributed by atoms with E-state index in [0.717, 1.165) is 4.31 Å². The molecule has 10 heteroatoms. The summed E-state index contributed by atoms with van der Waals surface area (Å²) in [6.07, 6.45) is -0.862. The lowest BCUT2D eigenvalue weighted by Gasteiger charge is -2.20. The highest BCUT2D eigenvalue weighted by Gasteiger charge is 2.37. The summed E-state index contributed by atoms with van der Waals surface area (Å²) in [5, 5.41) is 19.7. The summed E-state index contributed by atoms with van der Waals surface area (Å²) in [7, 11) is 0.665. The number of aryl methyl sites for hydroxylation is 1. The largest absolute Gasteiger partial charge is 0.465 e. The Morgan fingerprint density at radius 1 is 1.50 bits per heavy atom. The fourth-order valence-corrected chi connectivity index (χ4v) is 4.01. The molecule has 26 heavy (non-hydrogen) atoms. The molecule has 9 nitrogen and oxygen atoms in total. The van der Waals surface area contributed by atoms with Crippen molar-refractivity contribution in [2.45, 2.75) is 13.0 Å². The van der Waals surface area contributed by atoms with Crippen molar-refractivity contribution in [2.75, 3.05) is 44.9 Å². The highest BCUT2D eigenvalue weighted by Crippen LogP contribution is 2.28. The zero-order valence-electron chi connectivity index (χ0n) is 15.1. The Morgan fingerprint density at radius 3 is 2.69 bits per heavy atom. The summed E-state index contributed by atoms with van der Waals surface area (Å²) in [6.45, 7) is 2.02. The predicted molar refractivity (Wildman–Crippen MR) is 94.2 cm³/mol. The van der Waals surface area contributed by atoms with Crippen molar-refractivity contribution in [1.29, 1.82) is 5.26 Å². The summed E-state index contributed by atoms with van der Waals surface area (Å²) in [5.41, 5.74) is 0.753. The van der Waals surface area contributed by atoms with E-state index in [4.69, 9.17) is 0 Å². The molecule has 0 bridgehead atoms. The van der Waals surface area contributed by atoms with Gasteiger partial charge in [-0.1, -0.05) is 0 Å². The smallest absolute Gasteiger partial charge is 0.339 e. The molecule has 142 valence electrons. The Balaban J connectivity index is 2.31. The van der Waals surface area contributed by atoms with Gasteiger partial charge in [-0.3, -0.25) is 0 Å². The van der Waals surface area contributed by atoms with E-state index < -0.39 is 28.0 Å². The molecule has 0 unspecified atom stereocenters. The van der Waals surface area contributed by atoms with Crippen molar-refractivity contribution in [2.24, 2.45) is 5.92 Å². The van der Waals surface area contributed by atoms with E-state index in [1.165, 1.54) is 27.3 Å². The van der Waals surface area contributed by atoms with Crippen LogP contribution in [0, 0.1) is 24.2 Å². The number of aliphatic hydroxyl groups excluding tert-OH is 1. The third kappa shape index (κ3) is 3.95. The SMILES string of the molecule is COC(=O)c1cc(C#N)c(N2C[C@@H](CS(=O)(=O)N(C)C)[C@@H](O)C2)nc1C. The molecule has 0 aliphatic carbocycles. The lowest BCUT2D eigenvalue weighted by atomic mass is 10.1. The van der Waals surface area contributed by atoms with Crippen molar-refractivity contribution < 1.29 is 23.1 Å². The Bertz CT molecular complexity index is 847. The number of rotatable bonds is 5. The number of ether oxygens (including phenoxy) is 1. The molecule has 2 atom stereocenters. The van der Waals surface area contributed by atoms with Crippen molar-refractivity contribution >= 4 is 21.8 Å². The van der Waals surface area contributed by atoms with Gasteiger partial charge in [0, 0.05) is 33.1 Å². The van der Waals surface area contributed by atoms with Crippen LogP contribution in [0.1, 0.15) is 21.6 Å². The molecule has 1 aromatic heterocycles. The van der Waals surface area contributed by atoms with E-state index in [9.17, 15) is 23.6 Å². The topological polar surface area (TPSA) is 124 Å². The quantitative estimate of drug-likeness (QED) is 0.691. The Kier molecular flexibility index (Phi) is 5.85. The number of nitriles is 1. The number of sulfonamides is 1. The van der Waals surface area contributed by atoms with Gasteiger partial charge in [0.25, 0.3) is 0 Å². The summed E-state index contributed by atoms with van der Waals surface area (Å²) >= 11 is 0. The fourth-order valence-electron chi connectivity index (χ4n) is 2.84. The number of aromatic nitrogens is 1. The first-order valence-electron chi connectivity index (χ1n) is 7.94. The Labute approximate surface area is 152 Å². The molecule has 2 rings (SSSR count). The molecule has 0 radical (unpaired) electrons. The minimum Gasteiger partial charge on any atom is -0.465 e. The van der Waals surface area contributed by atoms with Crippen LogP contribution in [0.5, 0.6) is 0 Å². The molecule has 1 aliphatic heterocycles. The summed E-state index contributed by atoms with van der Waals surface area (Å²) in [5.74, 6) is -0.967. The molecule has 0 saturated carbocycles. The average Bonchev–Trinajstić information content (AvgIpc) is 2.93. The van der Waals surface area contributed by atoms with Crippen LogP contribution in [0.3, 0.4) is 0 Å². The van der Waals surface area contributed by atoms with Crippen LogP contribution in [-0.2, 0) is 14.8 Å².